The first-order valence-electron chi connectivity index (χ1n) is 7.82. The molecule has 22 heavy (non-hydrogen) atoms. The summed E-state index contributed by atoms with van der Waals surface area (Å²) in [6, 6.07) is 16.8. The molecule has 0 bridgehead atoms. The van der Waals surface area contributed by atoms with E-state index in [1.54, 1.807) is 0 Å². The molecule has 0 spiro atoms. The van der Waals surface area contributed by atoms with Crippen LogP contribution in [0.15, 0.2) is 48.5 Å². The molecule has 0 fully saturated rings. The van der Waals surface area contributed by atoms with Crippen LogP contribution in [0.5, 0.6) is 0 Å². The Balaban J connectivity index is 1.94. The minimum Gasteiger partial charge on any atom is -0.330 e. The third-order valence-electron chi connectivity index (χ3n) is 4.24. The standard InChI is InChI=1S/C19H23N3/c1-13(2)15-9-10-18-17(12-15)21-19(22(18)3)16(20)11-14-7-5-4-6-8-14/h4-10,12-13,16H,11,20H2,1-3H3. The minimum atomic E-state index is -0.0951. The lowest BCUT2D eigenvalue weighted by Gasteiger charge is -2.11. The van der Waals surface area contributed by atoms with Gasteiger partial charge in [0, 0.05) is 7.05 Å². The van der Waals surface area contributed by atoms with Gasteiger partial charge in [0.2, 0.25) is 0 Å². The molecule has 0 aliphatic heterocycles. The molecular weight excluding hydrogens is 270 g/mol. The Bertz CT molecular complexity index is 772. The molecule has 0 saturated heterocycles. The maximum absolute atomic E-state index is 6.41. The summed E-state index contributed by atoms with van der Waals surface area (Å²) >= 11 is 0. The number of benzene rings is 2. The van der Waals surface area contributed by atoms with Gasteiger partial charge in [-0.15, -0.1) is 0 Å². The molecule has 3 nitrogen and oxygen atoms in total. The van der Waals surface area contributed by atoms with Crippen LogP contribution < -0.4 is 5.73 Å². The normalized spacial score (nSPS) is 13.0. The maximum atomic E-state index is 6.41. The number of aryl methyl sites for hydroxylation is 1. The average molecular weight is 293 g/mol. The topological polar surface area (TPSA) is 43.8 Å². The first-order valence-corrected chi connectivity index (χ1v) is 7.82. The Labute approximate surface area is 131 Å². The van der Waals surface area contributed by atoms with Gasteiger partial charge in [-0.25, -0.2) is 4.98 Å². The highest BCUT2D eigenvalue weighted by molar-refractivity contribution is 5.77. The summed E-state index contributed by atoms with van der Waals surface area (Å²) in [6.07, 6.45) is 0.801. The molecule has 0 saturated carbocycles. The van der Waals surface area contributed by atoms with Crippen LogP contribution in [0, 0.1) is 0 Å². The number of aromatic nitrogens is 2. The second-order valence-electron chi connectivity index (χ2n) is 6.23. The van der Waals surface area contributed by atoms with Gasteiger partial charge in [-0.05, 0) is 35.6 Å². The highest BCUT2D eigenvalue weighted by atomic mass is 15.1. The summed E-state index contributed by atoms with van der Waals surface area (Å²) in [6.45, 7) is 4.40. The van der Waals surface area contributed by atoms with Crippen molar-refractivity contribution in [2.75, 3.05) is 0 Å². The van der Waals surface area contributed by atoms with Crippen LogP contribution >= 0.6 is 0 Å². The van der Waals surface area contributed by atoms with Crippen LogP contribution in [0.1, 0.15) is 42.8 Å². The summed E-state index contributed by atoms with van der Waals surface area (Å²) in [5.74, 6) is 1.45. The van der Waals surface area contributed by atoms with Crippen LogP contribution in [0.4, 0.5) is 0 Å². The molecule has 0 radical (unpaired) electrons. The molecule has 3 rings (SSSR count). The first-order chi connectivity index (χ1) is 10.6. The number of imidazole rings is 1. The van der Waals surface area contributed by atoms with Gasteiger partial charge in [0.15, 0.2) is 0 Å². The van der Waals surface area contributed by atoms with Crippen molar-refractivity contribution in [1.29, 1.82) is 0 Å². The Hall–Kier alpha value is -2.13. The molecule has 1 heterocycles. The largest absolute Gasteiger partial charge is 0.330 e. The van der Waals surface area contributed by atoms with Crippen molar-refractivity contribution in [3.8, 4) is 0 Å². The Morgan fingerprint density at radius 3 is 2.50 bits per heavy atom. The van der Waals surface area contributed by atoms with E-state index in [4.69, 9.17) is 10.7 Å². The van der Waals surface area contributed by atoms with Gasteiger partial charge in [0.05, 0.1) is 17.1 Å². The van der Waals surface area contributed by atoms with Crippen molar-refractivity contribution < 1.29 is 0 Å². The summed E-state index contributed by atoms with van der Waals surface area (Å²) < 4.78 is 2.12. The van der Waals surface area contributed by atoms with Crippen molar-refractivity contribution in [2.45, 2.75) is 32.2 Å². The van der Waals surface area contributed by atoms with E-state index in [0.29, 0.717) is 5.92 Å². The number of hydrogen-bond donors (Lipinski definition) is 1. The summed E-state index contributed by atoms with van der Waals surface area (Å²) in [5, 5.41) is 0. The lowest BCUT2D eigenvalue weighted by molar-refractivity contribution is 0.638. The molecule has 2 aromatic carbocycles. The van der Waals surface area contributed by atoms with Gasteiger partial charge in [-0.2, -0.15) is 0 Å². The van der Waals surface area contributed by atoms with E-state index in [-0.39, 0.29) is 6.04 Å². The fraction of sp³-hybridized carbons (Fsp3) is 0.316. The molecule has 3 heteroatoms. The van der Waals surface area contributed by atoms with Crippen molar-refractivity contribution in [3.63, 3.8) is 0 Å². The molecule has 2 N–H and O–H groups in total. The van der Waals surface area contributed by atoms with Crippen LogP contribution in [-0.4, -0.2) is 9.55 Å². The monoisotopic (exact) mass is 293 g/mol. The van der Waals surface area contributed by atoms with Crippen molar-refractivity contribution in [2.24, 2.45) is 12.8 Å². The van der Waals surface area contributed by atoms with E-state index in [1.807, 2.05) is 25.2 Å². The molecule has 3 aromatic rings. The van der Waals surface area contributed by atoms with E-state index < -0.39 is 0 Å². The number of nitrogens with zero attached hydrogens (tertiary/aromatic N) is 2. The van der Waals surface area contributed by atoms with Crippen LogP contribution in [-0.2, 0) is 13.5 Å². The second-order valence-corrected chi connectivity index (χ2v) is 6.23. The van der Waals surface area contributed by atoms with Crippen molar-refractivity contribution in [3.05, 3.63) is 65.5 Å². The zero-order chi connectivity index (χ0) is 15.7. The minimum absolute atomic E-state index is 0.0951. The van der Waals surface area contributed by atoms with E-state index in [2.05, 4.69) is 48.7 Å². The second kappa shape index (κ2) is 5.93. The highest BCUT2D eigenvalue weighted by Crippen LogP contribution is 2.24. The smallest absolute Gasteiger partial charge is 0.126 e. The van der Waals surface area contributed by atoms with E-state index in [1.165, 1.54) is 11.1 Å². The third kappa shape index (κ3) is 2.77. The van der Waals surface area contributed by atoms with Gasteiger partial charge >= 0.3 is 0 Å². The summed E-state index contributed by atoms with van der Waals surface area (Å²) in [7, 11) is 2.05. The van der Waals surface area contributed by atoms with E-state index in [9.17, 15) is 0 Å². The molecule has 114 valence electrons. The number of hydrogen-bond acceptors (Lipinski definition) is 2. The van der Waals surface area contributed by atoms with Crippen molar-refractivity contribution in [1.82, 2.24) is 9.55 Å². The van der Waals surface area contributed by atoms with E-state index >= 15 is 0 Å². The van der Waals surface area contributed by atoms with Gasteiger partial charge in [-0.1, -0.05) is 50.2 Å². The van der Waals surface area contributed by atoms with E-state index in [0.717, 1.165) is 23.3 Å². The molecule has 1 aromatic heterocycles. The predicted molar refractivity (Wildman–Crippen MR) is 91.9 cm³/mol. The van der Waals surface area contributed by atoms with Gasteiger partial charge < -0.3 is 10.3 Å². The first kappa shape index (κ1) is 14.8. The van der Waals surface area contributed by atoms with Crippen LogP contribution in [0.25, 0.3) is 11.0 Å². The predicted octanol–water partition coefficient (Wildman–Crippen LogP) is 3.94. The van der Waals surface area contributed by atoms with Gasteiger partial charge in [0.1, 0.15) is 5.82 Å². The quantitative estimate of drug-likeness (QED) is 0.792. The zero-order valence-electron chi connectivity index (χ0n) is 13.5. The Kier molecular flexibility index (Phi) is 3.99. The molecule has 1 atom stereocenters. The SMILES string of the molecule is CC(C)c1ccc2c(c1)nc(C(N)Cc1ccccc1)n2C. The molecule has 0 aliphatic carbocycles. The van der Waals surface area contributed by atoms with Gasteiger partial charge in [-0.3, -0.25) is 0 Å². The summed E-state index contributed by atoms with van der Waals surface area (Å²) in [5.41, 5.74) is 11.1. The Morgan fingerprint density at radius 1 is 1.09 bits per heavy atom. The van der Waals surface area contributed by atoms with Gasteiger partial charge in [0.25, 0.3) is 0 Å². The molecule has 0 amide bonds. The molecule has 1 unspecified atom stereocenters. The zero-order valence-corrected chi connectivity index (χ0v) is 13.5. The fourth-order valence-corrected chi connectivity index (χ4v) is 2.89. The number of rotatable bonds is 4. The highest BCUT2D eigenvalue weighted by Gasteiger charge is 2.16. The Morgan fingerprint density at radius 2 is 1.82 bits per heavy atom. The average Bonchev–Trinajstić information content (AvgIpc) is 2.85. The van der Waals surface area contributed by atoms with Crippen LogP contribution in [0.2, 0.25) is 0 Å². The molecule has 0 aliphatic rings. The summed E-state index contributed by atoms with van der Waals surface area (Å²) in [4.78, 5) is 4.79. The third-order valence-corrected chi connectivity index (χ3v) is 4.24. The fourth-order valence-electron chi connectivity index (χ4n) is 2.89. The maximum Gasteiger partial charge on any atom is 0.126 e. The lowest BCUT2D eigenvalue weighted by Crippen LogP contribution is -2.17. The van der Waals surface area contributed by atoms with Crippen LogP contribution in [0.3, 0.4) is 0 Å². The number of nitrogens with two attached hydrogens (primary N) is 1. The lowest BCUT2D eigenvalue weighted by atomic mass is 10.0. The number of fused-ring (bicyclic) bond motifs is 1. The van der Waals surface area contributed by atoms with Crippen molar-refractivity contribution >= 4 is 11.0 Å². The molecular formula is C19H23N3.